The zero-order chi connectivity index (χ0) is 12.8. The lowest BCUT2D eigenvalue weighted by Gasteiger charge is -2.31. The summed E-state index contributed by atoms with van der Waals surface area (Å²) in [4.78, 5) is 11.9. The largest absolute Gasteiger partial charge is 0.320 e. The first-order valence-electron chi connectivity index (χ1n) is 6.30. The normalized spacial score (nSPS) is 17.5. The number of anilines is 1. The third kappa shape index (κ3) is 3.01. The Labute approximate surface area is 107 Å². The predicted molar refractivity (Wildman–Crippen MR) is 70.0 cm³/mol. The third-order valence-electron chi connectivity index (χ3n) is 3.31. The summed E-state index contributed by atoms with van der Waals surface area (Å²) < 4.78 is 0. The van der Waals surface area contributed by atoms with E-state index in [0.29, 0.717) is 0 Å². The van der Waals surface area contributed by atoms with Crippen LogP contribution in [0.5, 0.6) is 0 Å². The Bertz CT molecular complexity index is 444. The van der Waals surface area contributed by atoms with Crippen LogP contribution in [0.25, 0.3) is 0 Å². The van der Waals surface area contributed by atoms with Gasteiger partial charge in [-0.15, -0.1) is 0 Å². The topological polar surface area (TPSA) is 64.9 Å². The Kier molecular flexibility index (Phi) is 3.83. The molecule has 1 fully saturated rings. The molecule has 18 heavy (non-hydrogen) atoms. The van der Waals surface area contributed by atoms with Gasteiger partial charge in [-0.25, -0.2) is 4.79 Å². The van der Waals surface area contributed by atoms with Crippen LogP contribution in [0.3, 0.4) is 0 Å². The van der Waals surface area contributed by atoms with Crippen molar-refractivity contribution in [3.8, 4) is 6.07 Å². The van der Waals surface area contributed by atoms with Crippen molar-refractivity contribution in [2.45, 2.75) is 37.6 Å². The maximum atomic E-state index is 11.9. The second-order valence-corrected chi connectivity index (χ2v) is 4.70. The van der Waals surface area contributed by atoms with Crippen molar-refractivity contribution in [2.24, 2.45) is 0 Å². The molecular weight excluding hydrogens is 226 g/mol. The van der Waals surface area contributed by atoms with E-state index < -0.39 is 5.54 Å². The minimum Gasteiger partial charge on any atom is -0.319 e. The number of urea groups is 1. The average Bonchev–Trinajstić information content (AvgIpc) is 2.41. The summed E-state index contributed by atoms with van der Waals surface area (Å²) in [7, 11) is 0. The Balaban J connectivity index is 1.96. The second-order valence-electron chi connectivity index (χ2n) is 4.70. The van der Waals surface area contributed by atoms with E-state index in [1.807, 2.05) is 30.3 Å². The fourth-order valence-electron chi connectivity index (χ4n) is 2.32. The van der Waals surface area contributed by atoms with Crippen molar-refractivity contribution in [1.29, 1.82) is 5.26 Å². The standard InChI is InChI=1S/C14H17N3O/c15-11-14(9-5-2-6-10-14)17-13(18)16-12-7-3-1-4-8-12/h1,3-4,7-8H,2,5-6,9-10H2,(H2,16,17,18). The maximum absolute atomic E-state index is 11.9. The summed E-state index contributed by atoms with van der Waals surface area (Å²) in [6.07, 6.45) is 4.63. The fourth-order valence-corrected chi connectivity index (χ4v) is 2.32. The minimum absolute atomic E-state index is 0.301. The van der Waals surface area contributed by atoms with Crippen LogP contribution in [-0.2, 0) is 0 Å². The van der Waals surface area contributed by atoms with E-state index >= 15 is 0 Å². The van der Waals surface area contributed by atoms with E-state index in [2.05, 4.69) is 16.7 Å². The molecule has 2 rings (SSSR count). The molecule has 0 saturated heterocycles. The van der Waals surface area contributed by atoms with Gasteiger partial charge in [-0.3, -0.25) is 0 Å². The van der Waals surface area contributed by atoms with Gasteiger partial charge in [0, 0.05) is 5.69 Å². The van der Waals surface area contributed by atoms with E-state index in [4.69, 9.17) is 0 Å². The van der Waals surface area contributed by atoms with Crippen molar-refractivity contribution >= 4 is 11.7 Å². The highest BCUT2D eigenvalue weighted by Crippen LogP contribution is 2.27. The summed E-state index contributed by atoms with van der Waals surface area (Å²) in [5.74, 6) is 0. The molecule has 0 radical (unpaired) electrons. The molecule has 1 saturated carbocycles. The number of hydrogen-bond acceptors (Lipinski definition) is 2. The predicted octanol–water partition coefficient (Wildman–Crippen LogP) is 3.03. The molecule has 0 aromatic heterocycles. The molecular formula is C14H17N3O. The molecule has 0 heterocycles. The SMILES string of the molecule is N#CC1(NC(=O)Nc2ccccc2)CCCCC1. The van der Waals surface area contributed by atoms with Gasteiger partial charge in [-0.1, -0.05) is 37.5 Å². The highest BCUT2D eigenvalue weighted by molar-refractivity contribution is 5.90. The molecule has 0 atom stereocenters. The molecule has 0 bridgehead atoms. The van der Waals surface area contributed by atoms with Gasteiger partial charge in [-0.05, 0) is 25.0 Å². The first-order chi connectivity index (χ1) is 8.74. The van der Waals surface area contributed by atoms with E-state index in [-0.39, 0.29) is 6.03 Å². The highest BCUT2D eigenvalue weighted by Gasteiger charge is 2.33. The number of amides is 2. The lowest BCUT2D eigenvalue weighted by atomic mass is 9.83. The van der Waals surface area contributed by atoms with Gasteiger partial charge in [0.15, 0.2) is 0 Å². The molecule has 1 aromatic rings. The Hall–Kier alpha value is -2.02. The molecule has 4 nitrogen and oxygen atoms in total. The van der Waals surface area contributed by atoms with Gasteiger partial charge in [0.05, 0.1) is 6.07 Å². The van der Waals surface area contributed by atoms with Crippen LogP contribution in [0.1, 0.15) is 32.1 Å². The molecule has 0 aliphatic heterocycles. The van der Waals surface area contributed by atoms with Gasteiger partial charge in [0.1, 0.15) is 5.54 Å². The molecule has 94 valence electrons. The van der Waals surface area contributed by atoms with Crippen LogP contribution >= 0.6 is 0 Å². The molecule has 1 aliphatic rings. The minimum atomic E-state index is -0.683. The van der Waals surface area contributed by atoms with Crippen molar-refractivity contribution in [3.05, 3.63) is 30.3 Å². The van der Waals surface area contributed by atoms with Crippen molar-refractivity contribution in [3.63, 3.8) is 0 Å². The number of carbonyl (C=O) groups excluding carboxylic acids is 1. The zero-order valence-corrected chi connectivity index (χ0v) is 10.3. The number of nitrogens with zero attached hydrogens (tertiary/aromatic N) is 1. The number of carbonyl (C=O) groups is 1. The number of para-hydroxylation sites is 1. The highest BCUT2D eigenvalue weighted by atomic mass is 16.2. The summed E-state index contributed by atoms with van der Waals surface area (Å²) in [5, 5.41) is 14.8. The van der Waals surface area contributed by atoms with Crippen LogP contribution in [0, 0.1) is 11.3 Å². The third-order valence-corrected chi connectivity index (χ3v) is 3.31. The molecule has 2 N–H and O–H groups in total. The number of nitrogens with one attached hydrogen (secondary N) is 2. The Morgan fingerprint density at radius 3 is 2.44 bits per heavy atom. The molecule has 0 unspecified atom stereocenters. The summed E-state index contributed by atoms with van der Waals surface area (Å²) in [6, 6.07) is 11.2. The number of nitriles is 1. The van der Waals surface area contributed by atoms with E-state index in [1.54, 1.807) is 0 Å². The summed E-state index contributed by atoms with van der Waals surface area (Å²) in [6.45, 7) is 0. The molecule has 1 aliphatic carbocycles. The van der Waals surface area contributed by atoms with E-state index in [1.165, 1.54) is 0 Å². The van der Waals surface area contributed by atoms with Crippen LogP contribution in [0.4, 0.5) is 10.5 Å². The monoisotopic (exact) mass is 243 g/mol. The summed E-state index contributed by atoms with van der Waals surface area (Å²) >= 11 is 0. The molecule has 4 heteroatoms. The van der Waals surface area contributed by atoms with E-state index in [9.17, 15) is 10.1 Å². The van der Waals surface area contributed by atoms with Gasteiger partial charge in [-0.2, -0.15) is 5.26 Å². The molecule has 1 aromatic carbocycles. The smallest absolute Gasteiger partial charge is 0.319 e. The van der Waals surface area contributed by atoms with Gasteiger partial charge in [0.2, 0.25) is 0 Å². The van der Waals surface area contributed by atoms with Crippen molar-refractivity contribution < 1.29 is 4.79 Å². The number of benzene rings is 1. The summed E-state index contributed by atoms with van der Waals surface area (Å²) in [5.41, 5.74) is 0.0517. The quantitative estimate of drug-likeness (QED) is 0.838. The lowest BCUT2D eigenvalue weighted by molar-refractivity contribution is 0.233. The Morgan fingerprint density at radius 2 is 1.83 bits per heavy atom. The van der Waals surface area contributed by atoms with Gasteiger partial charge in [0.25, 0.3) is 0 Å². The second kappa shape index (κ2) is 5.54. The fraction of sp³-hybridized carbons (Fsp3) is 0.429. The first kappa shape index (κ1) is 12.4. The number of rotatable bonds is 2. The molecule has 2 amide bonds. The van der Waals surface area contributed by atoms with Gasteiger partial charge >= 0.3 is 6.03 Å². The maximum Gasteiger partial charge on any atom is 0.320 e. The van der Waals surface area contributed by atoms with Crippen LogP contribution < -0.4 is 10.6 Å². The van der Waals surface area contributed by atoms with Crippen LogP contribution in [0.2, 0.25) is 0 Å². The van der Waals surface area contributed by atoms with Crippen LogP contribution in [-0.4, -0.2) is 11.6 Å². The van der Waals surface area contributed by atoms with E-state index in [0.717, 1.165) is 37.8 Å². The zero-order valence-electron chi connectivity index (χ0n) is 10.3. The van der Waals surface area contributed by atoms with Crippen molar-refractivity contribution in [2.75, 3.05) is 5.32 Å². The molecule has 0 spiro atoms. The average molecular weight is 243 g/mol. The first-order valence-corrected chi connectivity index (χ1v) is 6.30. The van der Waals surface area contributed by atoms with Crippen molar-refractivity contribution in [1.82, 2.24) is 5.32 Å². The Morgan fingerprint density at radius 1 is 1.17 bits per heavy atom. The van der Waals surface area contributed by atoms with Crippen LogP contribution in [0.15, 0.2) is 30.3 Å². The lowest BCUT2D eigenvalue weighted by Crippen LogP contribution is -2.50. The van der Waals surface area contributed by atoms with Gasteiger partial charge < -0.3 is 10.6 Å². The number of hydrogen-bond donors (Lipinski definition) is 2.